The van der Waals surface area contributed by atoms with E-state index in [4.69, 9.17) is 25.8 Å². The summed E-state index contributed by atoms with van der Waals surface area (Å²) >= 11 is 6.37. The summed E-state index contributed by atoms with van der Waals surface area (Å²) in [6, 6.07) is 11.9. The number of aryl methyl sites for hydroxylation is 1. The van der Waals surface area contributed by atoms with Crippen LogP contribution < -0.4 is 31.0 Å². The molecule has 5 aromatic rings. The fourth-order valence-corrected chi connectivity index (χ4v) is 8.00. The highest BCUT2D eigenvalue weighted by Crippen LogP contribution is 2.43. The maximum absolute atomic E-state index is 13.5. The van der Waals surface area contributed by atoms with Gasteiger partial charge in [0, 0.05) is 81.2 Å². The smallest absolute Gasteiger partial charge is 0.332 e. The monoisotopic (exact) mass is 782 g/mol. The summed E-state index contributed by atoms with van der Waals surface area (Å²) in [5.74, 6) is 2.05. The molecular weight excluding hydrogens is 736 g/mol. The third-order valence-corrected chi connectivity index (χ3v) is 11.2. The number of hydrogen-bond acceptors (Lipinski definition) is 9. The molecule has 2 aliphatic rings. The molecule has 13 nitrogen and oxygen atoms in total. The number of likely N-dealkylation sites (tertiary alicyclic amines) is 2. The number of carbonyl (C=O) groups excluding carboxylic acids is 1. The molecule has 14 heteroatoms. The number of rotatable bonds is 12. The topological polar surface area (TPSA) is 141 Å². The number of carbonyl (C=O) groups is 1. The predicted octanol–water partition coefficient (Wildman–Crippen LogP) is 5.77. The molecule has 2 saturated heterocycles. The molecular formula is C42H47ClN6O7. The third-order valence-electron chi connectivity index (χ3n) is 10.9. The number of pyridine rings is 2. The molecule has 2 fully saturated rings. The summed E-state index contributed by atoms with van der Waals surface area (Å²) in [6.07, 6.45) is 11.9. The van der Waals surface area contributed by atoms with Crippen LogP contribution in [0.25, 0.3) is 27.6 Å². The number of unbranched alkanes of at least 4 members (excludes halogenated alkanes) is 1. The highest BCUT2D eigenvalue weighted by molar-refractivity contribution is 6.32. The number of H-pyrrole nitrogens is 1. The van der Waals surface area contributed by atoms with Crippen molar-refractivity contribution in [3.8, 4) is 34.1 Å². The van der Waals surface area contributed by atoms with Crippen LogP contribution in [0.3, 0.4) is 0 Å². The van der Waals surface area contributed by atoms with E-state index in [-0.39, 0.29) is 17.6 Å². The van der Waals surface area contributed by atoms with Crippen LogP contribution in [0.2, 0.25) is 5.02 Å². The number of halogens is 1. The lowest BCUT2D eigenvalue weighted by Gasteiger charge is -2.38. The van der Waals surface area contributed by atoms with Crippen molar-refractivity contribution in [3.05, 3.63) is 109 Å². The average Bonchev–Trinajstić information content (AvgIpc) is 3.22. The van der Waals surface area contributed by atoms with Gasteiger partial charge in [-0.3, -0.25) is 28.9 Å². The van der Waals surface area contributed by atoms with E-state index in [1.165, 1.54) is 16.8 Å². The largest absolute Gasteiger partial charge is 0.493 e. The Balaban J connectivity index is 0.963. The average molecular weight is 783 g/mol. The second-order valence-electron chi connectivity index (χ2n) is 14.5. The standard InChI is InChI=1S/C42H47ClN6O7/c1-4-5-15-48-26-33(31-8-14-44-24-32(31)41(48)52)29-22-36(54-2)39(37(23-29)55-3)56-30-11-16-46(17-12-30)25-27-9-18-47(19-10-27)40(51)28-6-7-34(43)35(21-28)49-20-13-38(50)45-42(49)53/h6-8,13-14,20-24,26-27,30H,4-5,9-12,15-19,25H2,1-3H3,(H,45,50,53). The van der Waals surface area contributed by atoms with Crippen LogP contribution in [-0.4, -0.2) is 87.9 Å². The van der Waals surface area contributed by atoms with Crippen molar-refractivity contribution in [2.45, 2.75) is 58.1 Å². The molecule has 56 heavy (non-hydrogen) atoms. The number of amides is 1. The van der Waals surface area contributed by atoms with Crippen molar-refractivity contribution < 1.29 is 19.0 Å². The maximum Gasteiger partial charge on any atom is 0.332 e. The van der Waals surface area contributed by atoms with E-state index < -0.39 is 11.2 Å². The van der Waals surface area contributed by atoms with Gasteiger partial charge in [0.2, 0.25) is 5.75 Å². The number of fused-ring (bicyclic) bond motifs is 1. The van der Waals surface area contributed by atoms with Gasteiger partial charge in [0.1, 0.15) is 6.10 Å². The van der Waals surface area contributed by atoms with Gasteiger partial charge in [0.05, 0.1) is 30.3 Å². The minimum atomic E-state index is -0.624. The van der Waals surface area contributed by atoms with Gasteiger partial charge in [-0.05, 0) is 85.4 Å². The Morgan fingerprint density at radius 1 is 0.929 bits per heavy atom. The van der Waals surface area contributed by atoms with Crippen molar-refractivity contribution in [1.29, 1.82) is 0 Å². The van der Waals surface area contributed by atoms with Gasteiger partial charge in [-0.15, -0.1) is 0 Å². The van der Waals surface area contributed by atoms with E-state index in [9.17, 15) is 19.2 Å². The molecule has 2 aromatic carbocycles. The molecule has 7 rings (SSSR count). The first-order valence-corrected chi connectivity index (χ1v) is 19.6. The Morgan fingerprint density at radius 2 is 1.66 bits per heavy atom. The molecule has 294 valence electrons. The highest BCUT2D eigenvalue weighted by atomic mass is 35.5. The fraction of sp³-hybridized carbons (Fsp3) is 0.405. The van der Waals surface area contributed by atoms with Crippen LogP contribution in [0.4, 0.5) is 0 Å². The van der Waals surface area contributed by atoms with E-state index >= 15 is 0 Å². The zero-order valence-electron chi connectivity index (χ0n) is 32.0. The van der Waals surface area contributed by atoms with Crippen molar-refractivity contribution in [1.82, 2.24) is 28.9 Å². The number of nitrogens with one attached hydrogen (secondary N) is 1. The Hall–Kier alpha value is -5.40. The first-order valence-electron chi connectivity index (χ1n) is 19.2. The number of methoxy groups -OCH3 is 2. The first kappa shape index (κ1) is 38.9. The minimum absolute atomic E-state index is 0.0153. The van der Waals surface area contributed by atoms with Gasteiger partial charge in [0.15, 0.2) is 11.5 Å². The number of aromatic amines is 1. The van der Waals surface area contributed by atoms with Gasteiger partial charge >= 0.3 is 5.69 Å². The van der Waals surface area contributed by atoms with Gasteiger partial charge in [-0.2, -0.15) is 0 Å². The molecule has 1 N–H and O–H groups in total. The van der Waals surface area contributed by atoms with Crippen LogP contribution in [-0.2, 0) is 6.54 Å². The Kier molecular flexibility index (Phi) is 11.9. The number of piperidine rings is 2. The van der Waals surface area contributed by atoms with Crippen LogP contribution in [0.1, 0.15) is 55.8 Å². The Morgan fingerprint density at radius 3 is 2.34 bits per heavy atom. The summed E-state index contributed by atoms with van der Waals surface area (Å²) in [5.41, 5.74) is 1.34. The van der Waals surface area contributed by atoms with E-state index in [1.807, 2.05) is 29.3 Å². The SMILES string of the molecule is CCCCn1cc(-c2cc(OC)c(OC3CCN(CC4CCN(C(=O)c5ccc(Cl)c(-n6ccc(=O)[nH]c6=O)c5)CC4)CC3)c(OC)c2)c2ccncc2c1=O. The predicted molar refractivity (Wildman–Crippen MR) is 216 cm³/mol. The Labute approximate surface area is 329 Å². The molecule has 5 heterocycles. The molecule has 0 radical (unpaired) electrons. The number of hydrogen-bond donors (Lipinski definition) is 1. The molecule has 1 amide bonds. The number of benzene rings is 2. The van der Waals surface area contributed by atoms with Crippen molar-refractivity contribution in [2.24, 2.45) is 5.92 Å². The van der Waals surface area contributed by atoms with E-state index in [0.717, 1.165) is 74.7 Å². The molecule has 0 spiro atoms. The van der Waals surface area contributed by atoms with Crippen LogP contribution in [0.5, 0.6) is 17.2 Å². The zero-order valence-corrected chi connectivity index (χ0v) is 32.7. The van der Waals surface area contributed by atoms with E-state index in [1.54, 1.807) is 49.4 Å². The van der Waals surface area contributed by atoms with Crippen molar-refractivity contribution in [3.63, 3.8) is 0 Å². The molecule has 0 saturated carbocycles. The highest BCUT2D eigenvalue weighted by Gasteiger charge is 2.29. The summed E-state index contributed by atoms with van der Waals surface area (Å²) in [6.45, 7) is 6.75. The third kappa shape index (κ3) is 8.24. The molecule has 3 aromatic heterocycles. The molecule has 0 unspecified atom stereocenters. The number of nitrogens with zero attached hydrogens (tertiary/aromatic N) is 5. The second kappa shape index (κ2) is 17.2. The maximum atomic E-state index is 13.5. The van der Waals surface area contributed by atoms with Crippen molar-refractivity contribution in [2.75, 3.05) is 46.9 Å². The summed E-state index contributed by atoms with van der Waals surface area (Å²) in [7, 11) is 3.25. The van der Waals surface area contributed by atoms with Gasteiger partial charge in [-0.1, -0.05) is 24.9 Å². The van der Waals surface area contributed by atoms with E-state index in [0.29, 0.717) is 64.5 Å². The molecule has 2 aliphatic heterocycles. The first-order chi connectivity index (χ1) is 27.2. The lowest BCUT2D eigenvalue weighted by Crippen LogP contribution is -2.44. The van der Waals surface area contributed by atoms with Crippen LogP contribution >= 0.6 is 11.6 Å². The minimum Gasteiger partial charge on any atom is -0.493 e. The zero-order chi connectivity index (χ0) is 39.3. The van der Waals surface area contributed by atoms with Gasteiger partial charge < -0.3 is 28.6 Å². The second-order valence-corrected chi connectivity index (χ2v) is 14.9. The fourth-order valence-electron chi connectivity index (χ4n) is 7.79. The molecule has 0 bridgehead atoms. The van der Waals surface area contributed by atoms with Crippen LogP contribution in [0.15, 0.2) is 81.6 Å². The Bertz CT molecular complexity index is 2370. The molecule has 0 aliphatic carbocycles. The summed E-state index contributed by atoms with van der Waals surface area (Å²) in [5, 5.41) is 1.69. The van der Waals surface area contributed by atoms with Gasteiger partial charge in [-0.25, -0.2) is 4.79 Å². The molecule has 0 atom stereocenters. The van der Waals surface area contributed by atoms with Crippen molar-refractivity contribution >= 4 is 28.3 Å². The van der Waals surface area contributed by atoms with E-state index in [2.05, 4.69) is 21.8 Å². The summed E-state index contributed by atoms with van der Waals surface area (Å²) in [4.78, 5) is 61.5. The quantitative estimate of drug-likeness (QED) is 0.167. The number of ether oxygens (including phenoxy) is 3. The van der Waals surface area contributed by atoms with Gasteiger partial charge in [0.25, 0.3) is 17.0 Å². The lowest BCUT2D eigenvalue weighted by molar-refractivity contribution is 0.0599. The lowest BCUT2D eigenvalue weighted by atomic mass is 9.94. The summed E-state index contributed by atoms with van der Waals surface area (Å²) < 4.78 is 21.4. The van der Waals surface area contributed by atoms with Crippen LogP contribution in [0, 0.1) is 5.92 Å². The number of aromatic nitrogens is 4. The normalized spacial score (nSPS) is 15.6.